The van der Waals surface area contributed by atoms with Crippen molar-refractivity contribution in [2.24, 2.45) is 0 Å². The van der Waals surface area contributed by atoms with Crippen LogP contribution >= 0.6 is 0 Å². The van der Waals surface area contributed by atoms with E-state index in [2.05, 4.69) is 0 Å². The third kappa shape index (κ3) is 2.93. The molecule has 0 aliphatic rings. The van der Waals surface area contributed by atoms with Gasteiger partial charge in [0.25, 0.3) is 0 Å². The molecule has 1 aromatic carbocycles. The second kappa shape index (κ2) is 5.74. The summed E-state index contributed by atoms with van der Waals surface area (Å²) in [7, 11) is 1.62. The zero-order valence-corrected chi connectivity index (χ0v) is 10.7. The standard InChI is InChI=1S/C15H18O3/c1-11-5-8-15(17-2)13(10-11)14(16)7-6-12-4-3-9-18-12/h3-5,8-10,14,16H,6-7H2,1-2H3. The van der Waals surface area contributed by atoms with E-state index in [9.17, 15) is 5.11 Å². The molecule has 1 heterocycles. The van der Waals surface area contributed by atoms with Crippen LogP contribution < -0.4 is 4.74 Å². The monoisotopic (exact) mass is 246 g/mol. The smallest absolute Gasteiger partial charge is 0.124 e. The Morgan fingerprint density at radius 2 is 2.17 bits per heavy atom. The second-order valence-corrected chi connectivity index (χ2v) is 4.38. The number of rotatable bonds is 5. The predicted molar refractivity (Wildman–Crippen MR) is 69.7 cm³/mol. The molecule has 0 aliphatic carbocycles. The number of ether oxygens (including phenoxy) is 1. The van der Waals surface area contributed by atoms with Gasteiger partial charge in [0.05, 0.1) is 19.5 Å². The molecule has 0 saturated heterocycles. The van der Waals surface area contributed by atoms with Crippen LogP contribution in [-0.4, -0.2) is 12.2 Å². The van der Waals surface area contributed by atoms with Crippen LogP contribution in [0.5, 0.6) is 5.75 Å². The van der Waals surface area contributed by atoms with Crippen molar-refractivity contribution in [1.29, 1.82) is 0 Å². The van der Waals surface area contributed by atoms with E-state index < -0.39 is 6.10 Å². The Hall–Kier alpha value is -1.74. The number of hydrogen-bond donors (Lipinski definition) is 1. The fourth-order valence-corrected chi connectivity index (χ4v) is 2.00. The highest BCUT2D eigenvalue weighted by Gasteiger charge is 2.14. The van der Waals surface area contributed by atoms with Gasteiger partial charge >= 0.3 is 0 Å². The number of hydrogen-bond acceptors (Lipinski definition) is 3. The fraction of sp³-hybridized carbons (Fsp3) is 0.333. The molecule has 18 heavy (non-hydrogen) atoms. The van der Waals surface area contributed by atoms with Gasteiger partial charge in [0, 0.05) is 12.0 Å². The number of methoxy groups -OCH3 is 1. The molecule has 0 fully saturated rings. The Morgan fingerprint density at radius 3 is 2.83 bits per heavy atom. The number of aliphatic hydroxyl groups is 1. The maximum atomic E-state index is 10.2. The summed E-state index contributed by atoms with van der Waals surface area (Å²) in [5.74, 6) is 1.62. The van der Waals surface area contributed by atoms with Crippen molar-refractivity contribution >= 4 is 0 Å². The Morgan fingerprint density at radius 1 is 1.33 bits per heavy atom. The van der Waals surface area contributed by atoms with E-state index in [0.29, 0.717) is 12.8 Å². The van der Waals surface area contributed by atoms with Crippen molar-refractivity contribution in [3.8, 4) is 5.75 Å². The van der Waals surface area contributed by atoms with Crippen LogP contribution in [0.2, 0.25) is 0 Å². The van der Waals surface area contributed by atoms with Crippen LogP contribution in [0.1, 0.15) is 29.4 Å². The molecule has 3 heteroatoms. The van der Waals surface area contributed by atoms with Crippen molar-refractivity contribution in [2.45, 2.75) is 25.9 Å². The first kappa shape index (κ1) is 12.7. The molecule has 0 radical (unpaired) electrons. The lowest BCUT2D eigenvalue weighted by Crippen LogP contribution is -2.02. The van der Waals surface area contributed by atoms with Gasteiger partial charge in [-0.3, -0.25) is 0 Å². The summed E-state index contributed by atoms with van der Waals surface area (Å²) < 4.78 is 10.5. The first-order chi connectivity index (χ1) is 8.70. The summed E-state index contributed by atoms with van der Waals surface area (Å²) in [6.07, 6.45) is 2.44. The molecule has 0 bridgehead atoms. The molecule has 96 valence electrons. The third-order valence-electron chi connectivity index (χ3n) is 2.99. The lowest BCUT2D eigenvalue weighted by molar-refractivity contribution is 0.161. The van der Waals surface area contributed by atoms with Crippen molar-refractivity contribution in [3.63, 3.8) is 0 Å². The van der Waals surface area contributed by atoms with Crippen molar-refractivity contribution in [2.75, 3.05) is 7.11 Å². The van der Waals surface area contributed by atoms with E-state index >= 15 is 0 Å². The van der Waals surface area contributed by atoms with Gasteiger partial charge < -0.3 is 14.3 Å². The normalized spacial score (nSPS) is 12.4. The summed E-state index contributed by atoms with van der Waals surface area (Å²) in [6, 6.07) is 9.60. The number of aryl methyl sites for hydroxylation is 2. The average molecular weight is 246 g/mol. The molecular weight excluding hydrogens is 228 g/mol. The summed E-state index contributed by atoms with van der Waals surface area (Å²) >= 11 is 0. The molecule has 1 N–H and O–H groups in total. The maximum Gasteiger partial charge on any atom is 0.124 e. The van der Waals surface area contributed by atoms with Gasteiger partial charge in [-0.15, -0.1) is 0 Å². The van der Waals surface area contributed by atoms with E-state index in [1.54, 1.807) is 13.4 Å². The zero-order chi connectivity index (χ0) is 13.0. The second-order valence-electron chi connectivity index (χ2n) is 4.38. The molecule has 0 saturated carbocycles. The minimum absolute atomic E-state index is 0.537. The van der Waals surface area contributed by atoms with Crippen molar-refractivity contribution in [1.82, 2.24) is 0 Å². The van der Waals surface area contributed by atoms with Crippen molar-refractivity contribution < 1.29 is 14.3 Å². The van der Waals surface area contributed by atoms with E-state index in [1.165, 1.54) is 0 Å². The van der Waals surface area contributed by atoms with Crippen LogP contribution in [-0.2, 0) is 6.42 Å². The molecule has 1 atom stereocenters. The quantitative estimate of drug-likeness (QED) is 0.880. The summed E-state index contributed by atoms with van der Waals surface area (Å²) in [6.45, 7) is 2.00. The van der Waals surface area contributed by atoms with E-state index in [-0.39, 0.29) is 0 Å². The highest BCUT2D eigenvalue weighted by molar-refractivity contribution is 5.38. The molecule has 2 aromatic rings. The molecule has 0 amide bonds. The molecule has 0 aliphatic heterocycles. The number of furan rings is 1. The van der Waals surface area contributed by atoms with Gasteiger partial charge in [0.1, 0.15) is 11.5 Å². The Labute approximate surface area is 107 Å². The van der Waals surface area contributed by atoms with Gasteiger partial charge in [-0.2, -0.15) is 0 Å². The van der Waals surface area contributed by atoms with Gasteiger partial charge in [-0.05, 0) is 37.6 Å². The van der Waals surface area contributed by atoms with Crippen LogP contribution in [0.25, 0.3) is 0 Å². The van der Waals surface area contributed by atoms with Gasteiger partial charge in [0.2, 0.25) is 0 Å². The van der Waals surface area contributed by atoms with E-state index in [4.69, 9.17) is 9.15 Å². The highest BCUT2D eigenvalue weighted by atomic mass is 16.5. The first-order valence-corrected chi connectivity index (χ1v) is 6.05. The highest BCUT2D eigenvalue weighted by Crippen LogP contribution is 2.29. The topological polar surface area (TPSA) is 42.6 Å². The minimum Gasteiger partial charge on any atom is -0.496 e. The number of aliphatic hydroxyl groups excluding tert-OH is 1. The SMILES string of the molecule is COc1ccc(C)cc1C(O)CCc1ccco1. The van der Waals surface area contributed by atoms with Gasteiger partial charge in [-0.25, -0.2) is 0 Å². The van der Waals surface area contributed by atoms with E-state index in [0.717, 1.165) is 22.6 Å². The molecule has 0 spiro atoms. The zero-order valence-electron chi connectivity index (χ0n) is 10.7. The van der Waals surface area contributed by atoms with Gasteiger partial charge in [-0.1, -0.05) is 11.6 Å². The Bertz CT molecular complexity index is 488. The van der Waals surface area contributed by atoms with Crippen LogP contribution in [0.3, 0.4) is 0 Å². The van der Waals surface area contributed by atoms with Crippen molar-refractivity contribution in [3.05, 3.63) is 53.5 Å². The Kier molecular flexibility index (Phi) is 4.05. The maximum absolute atomic E-state index is 10.2. The summed E-state index contributed by atoms with van der Waals surface area (Å²) in [5, 5.41) is 10.2. The molecular formula is C15H18O3. The largest absolute Gasteiger partial charge is 0.496 e. The molecule has 2 rings (SSSR count). The molecule has 1 aromatic heterocycles. The fourth-order valence-electron chi connectivity index (χ4n) is 2.00. The minimum atomic E-state index is -0.537. The average Bonchev–Trinajstić information content (AvgIpc) is 2.89. The Balaban J connectivity index is 2.08. The van der Waals surface area contributed by atoms with Crippen LogP contribution in [0, 0.1) is 6.92 Å². The number of benzene rings is 1. The molecule has 3 nitrogen and oxygen atoms in total. The summed E-state index contributed by atoms with van der Waals surface area (Å²) in [5.41, 5.74) is 1.95. The summed E-state index contributed by atoms with van der Waals surface area (Å²) in [4.78, 5) is 0. The third-order valence-corrected chi connectivity index (χ3v) is 2.99. The van der Waals surface area contributed by atoms with E-state index in [1.807, 2.05) is 37.3 Å². The predicted octanol–water partition coefficient (Wildman–Crippen LogP) is 3.26. The van der Waals surface area contributed by atoms with Gasteiger partial charge in [0.15, 0.2) is 0 Å². The van der Waals surface area contributed by atoms with Crippen LogP contribution in [0.4, 0.5) is 0 Å². The van der Waals surface area contributed by atoms with Crippen LogP contribution in [0.15, 0.2) is 41.0 Å². The molecule has 1 unspecified atom stereocenters. The lowest BCUT2D eigenvalue weighted by atomic mass is 10.0. The lowest BCUT2D eigenvalue weighted by Gasteiger charge is -2.15. The first-order valence-electron chi connectivity index (χ1n) is 6.05.